The van der Waals surface area contributed by atoms with Gasteiger partial charge >= 0.3 is 0 Å². The minimum atomic E-state index is -0.0598. The van der Waals surface area contributed by atoms with Crippen LogP contribution < -0.4 is 5.32 Å². The van der Waals surface area contributed by atoms with E-state index < -0.39 is 0 Å². The minimum absolute atomic E-state index is 0.0598. The fourth-order valence-corrected chi connectivity index (χ4v) is 2.90. The molecule has 0 radical (unpaired) electrons. The molecule has 0 aliphatic rings. The van der Waals surface area contributed by atoms with Crippen molar-refractivity contribution in [3.63, 3.8) is 0 Å². The summed E-state index contributed by atoms with van der Waals surface area (Å²) in [6.07, 6.45) is 0.958. The standard InChI is InChI=1S/C13H17N3OS/c1-5-10-6-11(18-9(10)4)13(17)14-12-7(2)15-16-8(12)3/h6H,5H2,1-4H3,(H,14,17)(H,15,16). The monoisotopic (exact) mass is 263 g/mol. The molecule has 2 heterocycles. The van der Waals surface area contributed by atoms with Crippen molar-refractivity contribution < 1.29 is 4.79 Å². The van der Waals surface area contributed by atoms with Gasteiger partial charge in [0.25, 0.3) is 5.91 Å². The number of H-pyrrole nitrogens is 1. The molecule has 0 aromatic carbocycles. The van der Waals surface area contributed by atoms with Crippen LogP contribution in [0.5, 0.6) is 0 Å². The first kappa shape index (κ1) is 12.8. The Morgan fingerprint density at radius 2 is 2.17 bits per heavy atom. The average molecular weight is 263 g/mol. The summed E-state index contributed by atoms with van der Waals surface area (Å²) >= 11 is 1.54. The highest BCUT2D eigenvalue weighted by Crippen LogP contribution is 2.24. The van der Waals surface area contributed by atoms with E-state index in [1.165, 1.54) is 21.8 Å². The number of carbonyl (C=O) groups excluding carboxylic acids is 1. The number of aryl methyl sites for hydroxylation is 4. The van der Waals surface area contributed by atoms with E-state index in [1.807, 2.05) is 19.9 Å². The Labute approximate surface area is 110 Å². The lowest BCUT2D eigenvalue weighted by molar-refractivity contribution is 0.103. The number of thiophene rings is 1. The smallest absolute Gasteiger partial charge is 0.265 e. The maximum Gasteiger partial charge on any atom is 0.265 e. The van der Waals surface area contributed by atoms with Crippen LogP contribution in [0.25, 0.3) is 0 Å². The highest BCUT2D eigenvalue weighted by Gasteiger charge is 2.15. The van der Waals surface area contributed by atoms with E-state index in [9.17, 15) is 4.79 Å². The summed E-state index contributed by atoms with van der Waals surface area (Å²) in [7, 11) is 0. The Kier molecular flexibility index (Phi) is 3.52. The quantitative estimate of drug-likeness (QED) is 0.893. The summed E-state index contributed by atoms with van der Waals surface area (Å²) in [6.45, 7) is 7.92. The Morgan fingerprint density at radius 3 is 2.67 bits per heavy atom. The maximum absolute atomic E-state index is 12.2. The lowest BCUT2D eigenvalue weighted by Crippen LogP contribution is -2.11. The molecular formula is C13H17N3OS. The number of amides is 1. The second-order valence-electron chi connectivity index (χ2n) is 4.31. The molecular weight excluding hydrogens is 246 g/mol. The number of hydrogen-bond donors (Lipinski definition) is 2. The fraction of sp³-hybridized carbons (Fsp3) is 0.385. The summed E-state index contributed by atoms with van der Waals surface area (Å²) in [4.78, 5) is 14.1. The van der Waals surface area contributed by atoms with E-state index in [4.69, 9.17) is 0 Å². The van der Waals surface area contributed by atoms with E-state index in [0.29, 0.717) is 0 Å². The van der Waals surface area contributed by atoms with Crippen LogP contribution in [-0.2, 0) is 6.42 Å². The highest BCUT2D eigenvalue weighted by molar-refractivity contribution is 7.14. The van der Waals surface area contributed by atoms with Gasteiger partial charge in [-0.2, -0.15) is 5.10 Å². The molecule has 0 atom stereocenters. The third-order valence-corrected chi connectivity index (χ3v) is 4.08. The molecule has 0 bridgehead atoms. The maximum atomic E-state index is 12.2. The van der Waals surface area contributed by atoms with Gasteiger partial charge in [-0.25, -0.2) is 0 Å². The van der Waals surface area contributed by atoms with Crippen molar-refractivity contribution in [3.8, 4) is 0 Å². The predicted octanol–water partition coefficient (Wildman–Crippen LogP) is 3.21. The van der Waals surface area contributed by atoms with Gasteiger partial charge in [0.15, 0.2) is 0 Å². The zero-order chi connectivity index (χ0) is 13.3. The molecule has 0 spiro atoms. The lowest BCUT2D eigenvalue weighted by Gasteiger charge is -2.02. The van der Waals surface area contributed by atoms with Gasteiger partial charge in [-0.3, -0.25) is 9.89 Å². The first-order chi connectivity index (χ1) is 8.52. The number of nitrogens with one attached hydrogen (secondary N) is 2. The Balaban J connectivity index is 2.22. The molecule has 4 nitrogen and oxygen atoms in total. The molecule has 0 fully saturated rings. The van der Waals surface area contributed by atoms with Crippen molar-refractivity contribution in [3.05, 3.63) is 32.8 Å². The van der Waals surface area contributed by atoms with Crippen LogP contribution in [0.15, 0.2) is 6.07 Å². The number of carbonyl (C=O) groups is 1. The number of rotatable bonds is 3. The number of anilines is 1. The van der Waals surface area contributed by atoms with Crippen molar-refractivity contribution in [2.24, 2.45) is 0 Å². The molecule has 2 aromatic heterocycles. The summed E-state index contributed by atoms with van der Waals surface area (Å²) in [5, 5.41) is 9.84. The molecule has 18 heavy (non-hydrogen) atoms. The molecule has 0 saturated heterocycles. The van der Waals surface area contributed by atoms with Crippen LogP contribution in [-0.4, -0.2) is 16.1 Å². The van der Waals surface area contributed by atoms with Gasteiger partial charge in [0.05, 0.1) is 22.0 Å². The predicted molar refractivity (Wildman–Crippen MR) is 74.4 cm³/mol. The third-order valence-electron chi connectivity index (χ3n) is 2.99. The van der Waals surface area contributed by atoms with E-state index in [-0.39, 0.29) is 5.91 Å². The average Bonchev–Trinajstić information content (AvgIpc) is 2.86. The topological polar surface area (TPSA) is 57.8 Å². The molecule has 2 N–H and O–H groups in total. The van der Waals surface area contributed by atoms with Crippen LogP contribution >= 0.6 is 11.3 Å². The molecule has 1 amide bonds. The number of aromatic amines is 1. The van der Waals surface area contributed by atoms with Gasteiger partial charge in [0.2, 0.25) is 0 Å². The SMILES string of the molecule is CCc1cc(C(=O)Nc2c(C)n[nH]c2C)sc1C. The zero-order valence-corrected chi connectivity index (χ0v) is 11.9. The van der Waals surface area contributed by atoms with Gasteiger partial charge in [-0.1, -0.05) is 6.92 Å². The second kappa shape index (κ2) is 4.94. The van der Waals surface area contributed by atoms with Gasteiger partial charge in [-0.05, 0) is 38.8 Å². The summed E-state index contributed by atoms with van der Waals surface area (Å²) in [6, 6.07) is 1.97. The van der Waals surface area contributed by atoms with E-state index in [2.05, 4.69) is 29.4 Å². The van der Waals surface area contributed by atoms with Crippen LogP contribution in [0.3, 0.4) is 0 Å². The Hall–Kier alpha value is -1.62. The van der Waals surface area contributed by atoms with Crippen molar-refractivity contribution >= 4 is 22.9 Å². The third kappa shape index (κ3) is 2.31. The molecule has 2 rings (SSSR count). The molecule has 0 aliphatic carbocycles. The molecule has 96 valence electrons. The normalized spacial score (nSPS) is 10.7. The van der Waals surface area contributed by atoms with Crippen LogP contribution in [0, 0.1) is 20.8 Å². The van der Waals surface area contributed by atoms with Crippen molar-refractivity contribution in [1.82, 2.24) is 10.2 Å². The molecule has 2 aromatic rings. The number of nitrogens with zero attached hydrogens (tertiary/aromatic N) is 1. The second-order valence-corrected chi connectivity index (χ2v) is 5.57. The summed E-state index contributed by atoms with van der Waals surface area (Å²) < 4.78 is 0. The summed E-state index contributed by atoms with van der Waals surface area (Å²) in [5.41, 5.74) is 3.71. The summed E-state index contributed by atoms with van der Waals surface area (Å²) in [5.74, 6) is -0.0598. The Morgan fingerprint density at radius 1 is 1.44 bits per heavy atom. The van der Waals surface area contributed by atoms with Gasteiger partial charge in [0, 0.05) is 4.88 Å². The van der Waals surface area contributed by atoms with Gasteiger partial charge in [0.1, 0.15) is 0 Å². The number of aromatic nitrogens is 2. The Bertz CT molecular complexity index is 564. The number of hydrogen-bond acceptors (Lipinski definition) is 3. The first-order valence-corrected chi connectivity index (χ1v) is 6.76. The van der Waals surface area contributed by atoms with E-state index >= 15 is 0 Å². The van der Waals surface area contributed by atoms with Gasteiger partial charge < -0.3 is 5.32 Å². The first-order valence-electron chi connectivity index (χ1n) is 5.95. The molecule has 0 unspecified atom stereocenters. The largest absolute Gasteiger partial charge is 0.318 e. The van der Waals surface area contributed by atoms with Crippen molar-refractivity contribution in [1.29, 1.82) is 0 Å². The fourth-order valence-electron chi connectivity index (χ4n) is 1.89. The molecule has 0 aliphatic heterocycles. The van der Waals surface area contributed by atoms with Crippen LogP contribution in [0.2, 0.25) is 0 Å². The zero-order valence-electron chi connectivity index (χ0n) is 11.0. The molecule has 5 heteroatoms. The van der Waals surface area contributed by atoms with Gasteiger partial charge in [-0.15, -0.1) is 11.3 Å². The van der Waals surface area contributed by atoms with Crippen LogP contribution in [0.4, 0.5) is 5.69 Å². The lowest BCUT2D eigenvalue weighted by atomic mass is 10.2. The van der Waals surface area contributed by atoms with E-state index in [1.54, 1.807) is 0 Å². The van der Waals surface area contributed by atoms with Crippen molar-refractivity contribution in [2.75, 3.05) is 5.32 Å². The van der Waals surface area contributed by atoms with Crippen molar-refractivity contribution in [2.45, 2.75) is 34.1 Å². The molecule has 0 saturated carbocycles. The minimum Gasteiger partial charge on any atom is -0.318 e. The van der Waals surface area contributed by atoms with E-state index in [0.717, 1.165) is 28.4 Å². The highest BCUT2D eigenvalue weighted by atomic mass is 32.1. The van der Waals surface area contributed by atoms with Crippen LogP contribution in [0.1, 0.15) is 38.4 Å².